The largest absolute Gasteiger partial charge is 0.358 e. The molecule has 0 bridgehead atoms. The van der Waals surface area contributed by atoms with Gasteiger partial charge in [-0.05, 0) is 24.6 Å². The van der Waals surface area contributed by atoms with Gasteiger partial charge in [-0.1, -0.05) is 35.5 Å². The van der Waals surface area contributed by atoms with Crippen LogP contribution in [0.15, 0.2) is 34.5 Å². The van der Waals surface area contributed by atoms with Crippen molar-refractivity contribution < 1.29 is 9.59 Å². The molecule has 0 aromatic heterocycles. The minimum absolute atomic E-state index is 0.128. The number of nitrogens with zero attached hydrogens (tertiary/aromatic N) is 2. The van der Waals surface area contributed by atoms with Gasteiger partial charge < -0.3 is 10.6 Å². The molecule has 22 heavy (non-hydrogen) atoms. The summed E-state index contributed by atoms with van der Waals surface area (Å²) in [6, 6.07) is 7.20. The van der Waals surface area contributed by atoms with Crippen LogP contribution in [-0.2, 0) is 9.59 Å². The van der Waals surface area contributed by atoms with E-state index in [0.29, 0.717) is 15.9 Å². The fraction of sp³-hybridized carbons (Fsp3) is 0.286. The molecule has 2 amide bonds. The van der Waals surface area contributed by atoms with Gasteiger partial charge in [0.05, 0.1) is 11.0 Å². The first-order valence-corrected chi connectivity index (χ1v) is 7.81. The number of amides is 2. The van der Waals surface area contributed by atoms with E-state index in [1.54, 1.807) is 19.1 Å². The summed E-state index contributed by atoms with van der Waals surface area (Å²) in [5, 5.41) is 13.7. The molecule has 1 aliphatic heterocycles. The normalized spacial score (nSPS) is 20.7. The average Bonchev–Trinajstić information content (AvgIpc) is 2.52. The Morgan fingerprint density at radius 2 is 2.09 bits per heavy atom. The number of hydrogen-bond donors (Lipinski definition) is 2. The molecule has 1 atom stereocenters. The molecule has 1 aromatic rings. The quantitative estimate of drug-likeness (QED) is 0.651. The fourth-order valence-electron chi connectivity index (χ4n) is 1.77. The zero-order valence-electron chi connectivity index (χ0n) is 12.1. The molecule has 2 rings (SSSR count). The summed E-state index contributed by atoms with van der Waals surface area (Å²) >= 11 is 7.02. The number of carbonyl (C=O) groups is 2. The van der Waals surface area contributed by atoms with Crippen LogP contribution >= 0.6 is 23.4 Å². The van der Waals surface area contributed by atoms with Crippen LogP contribution in [0.5, 0.6) is 0 Å². The number of thioether (sulfide) groups is 1. The van der Waals surface area contributed by atoms with Gasteiger partial charge in [0.1, 0.15) is 0 Å². The molecule has 0 spiro atoms. The van der Waals surface area contributed by atoms with Crippen LogP contribution in [0.2, 0.25) is 5.02 Å². The van der Waals surface area contributed by atoms with Crippen molar-refractivity contribution >= 4 is 46.1 Å². The van der Waals surface area contributed by atoms with Crippen molar-refractivity contribution in [3.05, 3.63) is 34.9 Å². The second-order valence-corrected chi connectivity index (χ2v) is 6.20. The summed E-state index contributed by atoms with van der Waals surface area (Å²) in [6.07, 6.45) is 0.128. The Kier molecular flexibility index (Phi) is 5.57. The topological polar surface area (TPSA) is 82.9 Å². The van der Waals surface area contributed by atoms with Crippen LogP contribution in [0.1, 0.15) is 18.9 Å². The van der Waals surface area contributed by atoms with Gasteiger partial charge in [0, 0.05) is 18.5 Å². The molecular weight excluding hydrogens is 324 g/mol. The van der Waals surface area contributed by atoms with Gasteiger partial charge in [0.2, 0.25) is 11.8 Å². The van der Waals surface area contributed by atoms with Gasteiger partial charge >= 0.3 is 0 Å². The van der Waals surface area contributed by atoms with Crippen molar-refractivity contribution in [1.29, 1.82) is 0 Å². The lowest BCUT2D eigenvalue weighted by Gasteiger charge is -2.20. The van der Waals surface area contributed by atoms with Gasteiger partial charge in [0.25, 0.3) is 0 Å². The number of halogens is 1. The van der Waals surface area contributed by atoms with Gasteiger partial charge in [-0.2, -0.15) is 5.10 Å². The molecule has 6 nitrogen and oxygen atoms in total. The summed E-state index contributed by atoms with van der Waals surface area (Å²) < 4.78 is 0. The highest BCUT2D eigenvalue weighted by Crippen LogP contribution is 2.20. The van der Waals surface area contributed by atoms with Crippen LogP contribution in [0.3, 0.4) is 0 Å². The second-order valence-electron chi connectivity index (χ2n) is 4.57. The Morgan fingerprint density at radius 3 is 2.73 bits per heavy atom. The monoisotopic (exact) mass is 338 g/mol. The van der Waals surface area contributed by atoms with Gasteiger partial charge in [-0.15, -0.1) is 5.10 Å². The third-order valence-corrected chi connectivity index (χ3v) is 4.29. The highest BCUT2D eigenvalue weighted by atomic mass is 35.5. The SMILES string of the molecule is CNC(=O)[C@H]1CC(=O)N/C(=N\N=C(C)c2ccc(Cl)cc2)S1. The number of carbonyl (C=O) groups excluding carboxylic acids is 2. The summed E-state index contributed by atoms with van der Waals surface area (Å²) in [5.41, 5.74) is 1.56. The minimum Gasteiger partial charge on any atom is -0.358 e. The van der Waals surface area contributed by atoms with E-state index in [1.807, 2.05) is 12.1 Å². The van der Waals surface area contributed by atoms with Crippen molar-refractivity contribution in [1.82, 2.24) is 10.6 Å². The number of nitrogens with one attached hydrogen (secondary N) is 2. The highest BCUT2D eigenvalue weighted by molar-refractivity contribution is 8.15. The Labute approximate surface area is 137 Å². The Hall–Kier alpha value is -1.86. The first-order chi connectivity index (χ1) is 10.5. The Balaban J connectivity index is 2.13. The molecular formula is C14H15ClN4O2S. The molecule has 0 radical (unpaired) electrons. The molecule has 8 heteroatoms. The molecule has 1 heterocycles. The van der Waals surface area contributed by atoms with E-state index in [-0.39, 0.29) is 18.2 Å². The van der Waals surface area contributed by atoms with E-state index in [1.165, 1.54) is 18.8 Å². The zero-order valence-corrected chi connectivity index (χ0v) is 13.7. The maximum Gasteiger partial charge on any atom is 0.233 e. The lowest BCUT2D eigenvalue weighted by atomic mass is 10.1. The molecule has 1 aliphatic rings. The average molecular weight is 339 g/mol. The number of hydrogen-bond acceptors (Lipinski definition) is 5. The Morgan fingerprint density at radius 1 is 1.41 bits per heavy atom. The van der Waals surface area contributed by atoms with E-state index >= 15 is 0 Å². The molecule has 1 saturated heterocycles. The summed E-state index contributed by atoms with van der Waals surface area (Å²) in [5.74, 6) is -0.448. The Bertz CT molecular complexity index is 643. The van der Waals surface area contributed by atoms with Crippen LogP contribution in [0.4, 0.5) is 0 Å². The molecule has 1 aromatic carbocycles. The molecule has 0 unspecified atom stereocenters. The minimum atomic E-state index is -0.483. The highest BCUT2D eigenvalue weighted by Gasteiger charge is 2.29. The van der Waals surface area contributed by atoms with E-state index < -0.39 is 5.25 Å². The third-order valence-electron chi connectivity index (χ3n) is 2.96. The van der Waals surface area contributed by atoms with Crippen molar-refractivity contribution in [2.24, 2.45) is 10.2 Å². The second kappa shape index (κ2) is 7.42. The number of rotatable bonds is 3. The molecule has 0 saturated carbocycles. The lowest BCUT2D eigenvalue weighted by molar-refractivity contribution is -0.125. The van der Waals surface area contributed by atoms with Crippen molar-refractivity contribution in [2.75, 3.05) is 7.05 Å². The zero-order chi connectivity index (χ0) is 16.1. The van der Waals surface area contributed by atoms with Gasteiger partial charge in [-0.3, -0.25) is 9.59 Å². The van der Waals surface area contributed by atoms with Crippen molar-refractivity contribution in [3.8, 4) is 0 Å². The molecule has 116 valence electrons. The maximum absolute atomic E-state index is 11.6. The fourth-order valence-corrected chi connectivity index (χ4v) is 2.89. The van der Waals surface area contributed by atoms with Crippen molar-refractivity contribution in [3.63, 3.8) is 0 Å². The number of benzene rings is 1. The smallest absolute Gasteiger partial charge is 0.233 e. The molecule has 1 fully saturated rings. The predicted octanol–water partition coefficient (Wildman–Crippen LogP) is 1.79. The van der Waals surface area contributed by atoms with Crippen LogP contribution in [0.25, 0.3) is 0 Å². The van der Waals surface area contributed by atoms with Crippen LogP contribution in [-0.4, -0.2) is 35.0 Å². The van der Waals surface area contributed by atoms with E-state index in [0.717, 1.165) is 5.56 Å². The van der Waals surface area contributed by atoms with Gasteiger partial charge in [0.15, 0.2) is 5.17 Å². The van der Waals surface area contributed by atoms with E-state index in [4.69, 9.17) is 11.6 Å². The van der Waals surface area contributed by atoms with Crippen molar-refractivity contribution in [2.45, 2.75) is 18.6 Å². The standard InChI is InChI=1S/C14H15ClN4O2S/c1-8(9-3-5-10(15)6-4-9)18-19-14-17-12(20)7-11(22-14)13(21)16-2/h3-6,11H,7H2,1-2H3,(H,16,21)(H,17,19,20)/t11-/m1/s1. The third kappa shape index (κ3) is 4.32. The molecule has 2 N–H and O–H groups in total. The van der Waals surface area contributed by atoms with Crippen LogP contribution < -0.4 is 10.6 Å². The van der Waals surface area contributed by atoms with Gasteiger partial charge in [-0.25, -0.2) is 0 Å². The van der Waals surface area contributed by atoms with E-state index in [2.05, 4.69) is 20.8 Å². The molecule has 0 aliphatic carbocycles. The summed E-state index contributed by atoms with van der Waals surface area (Å²) in [4.78, 5) is 23.2. The predicted molar refractivity (Wildman–Crippen MR) is 89.3 cm³/mol. The lowest BCUT2D eigenvalue weighted by Crippen LogP contribution is -2.43. The van der Waals surface area contributed by atoms with E-state index in [9.17, 15) is 9.59 Å². The summed E-state index contributed by atoms with van der Waals surface area (Å²) in [6.45, 7) is 1.80. The number of amidine groups is 1. The first-order valence-electron chi connectivity index (χ1n) is 6.56. The maximum atomic E-state index is 11.6. The first kappa shape index (κ1) is 16.5. The summed E-state index contributed by atoms with van der Waals surface area (Å²) in [7, 11) is 1.54. The van der Waals surface area contributed by atoms with Crippen LogP contribution in [0, 0.1) is 0 Å².